The molecule has 1 rings (SSSR count). The summed E-state index contributed by atoms with van der Waals surface area (Å²) in [6, 6.07) is 10.8. The van der Waals surface area contributed by atoms with Crippen LogP contribution in [-0.4, -0.2) is 0 Å². The molecule has 0 N–H and O–H groups in total. The van der Waals surface area contributed by atoms with E-state index in [-0.39, 0.29) is 0 Å². The summed E-state index contributed by atoms with van der Waals surface area (Å²) < 4.78 is 0. The van der Waals surface area contributed by atoms with Crippen LogP contribution in [0.15, 0.2) is 54.1 Å². The average Bonchev–Trinajstić information content (AvgIpc) is 2.46. The lowest BCUT2D eigenvalue weighted by molar-refractivity contribution is 0.730. The van der Waals surface area contributed by atoms with Gasteiger partial charge in [0.2, 0.25) is 0 Å². The molecule has 18 heavy (non-hydrogen) atoms. The van der Waals surface area contributed by atoms with E-state index in [1.165, 1.54) is 17.6 Å². The highest BCUT2D eigenvalue weighted by atomic mass is 14.2. The summed E-state index contributed by atoms with van der Waals surface area (Å²) >= 11 is 0. The van der Waals surface area contributed by atoms with Gasteiger partial charge in [-0.2, -0.15) is 0 Å². The van der Waals surface area contributed by atoms with Crippen molar-refractivity contribution in [1.29, 1.82) is 0 Å². The smallest absolute Gasteiger partial charge is 0.00485 e. The molecule has 1 atom stereocenters. The van der Waals surface area contributed by atoms with Crippen molar-refractivity contribution in [3.8, 4) is 0 Å². The number of hydrogen-bond donors (Lipinski definition) is 0. The molecule has 0 saturated heterocycles. The highest BCUT2D eigenvalue weighted by Crippen LogP contribution is 2.29. The van der Waals surface area contributed by atoms with Crippen molar-refractivity contribution >= 4 is 0 Å². The molecule has 100 valence electrons. The van der Waals surface area contributed by atoms with Crippen molar-refractivity contribution < 1.29 is 0 Å². The van der Waals surface area contributed by atoms with Crippen LogP contribution >= 0.6 is 0 Å². The largest absolute Gasteiger partial charge is 0.0877 e. The molecule has 0 bridgehead atoms. The molecule has 1 aromatic carbocycles. The third-order valence-corrected chi connectivity index (χ3v) is 2.97. The molecule has 0 spiro atoms. The van der Waals surface area contributed by atoms with Crippen molar-refractivity contribution in [3.05, 3.63) is 59.7 Å². The van der Waals surface area contributed by atoms with Crippen molar-refractivity contribution in [2.75, 3.05) is 0 Å². The van der Waals surface area contributed by atoms with Gasteiger partial charge in [-0.25, -0.2) is 0 Å². The Bertz CT molecular complexity index is 344. The highest BCUT2D eigenvalue weighted by molar-refractivity contribution is 5.30. The first kappa shape index (κ1) is 16.7. The molecule has 0 aromatic heterocycles. The normalized spacial score (nSPS) is 13.1. The van der Waals surface area contributed by atoms with Gasteiger partial charge in [-0.05, 0) is 25.3 Å². The lowest BCUT2D eigenvalue weighted by Gasteiger charge is -2.18. The Labute approximate surface area is 113 Å². The number of rotatable bonds is 5. The molecule has 1 aromatic rings. The van der Waals surface area contributed by atoms with E-state index in [0.717, 1.165) is 6.42 Å². The fourth-order valence-electron chi connectivity index (χ4n) is 2.10. The molecule has 0 amide bonds. The molecular formula is C18H28. The SMILES string of the molecule is C/C=C\C=C(/CC)C(CC)c1ccccc1.CC. The van der Waals surface area contributed by atoms with E-state index in [9.17, 15) is 0 Å². The van der Waals surface area contributed by atoms with Crippen molar-refractivity contribution in [2.45, 2.75) is 53.4 Å². The van der Waals surface area contributed by atoms with E-state index in [2.05, 4.69) is 69.3 Å². The zero-order valence-electron chi connectivity index (χ0n) is 12.6. The van der Waals surface area contributed by atoms with Gasteiger partial charge in [0.1, 0.15) is 0 Å². The van der Waals surface area contributed by atoms with Crippen LogP contribution in [0.5, 0.6) is 0 Å². The zero-order chi connectivity index (χ0) is 13.8. The maximum absolute atomic E-state index is 2.27. The standard InChI is InChI=1S/C16H22.C2H6/c1-4-7-11-14(5-2)16(6-3)15-12-9-8-10-13-15;1-2/h4,7-13,16H,5-6H2,1-3H3;1-2H3/b7-4-,14-11+;. The topological polar surface area (TPSA) is 0 Å². The summed E-state index contributed by atoms with van der Waals surface area (Å²) in [5.74, 6) is 0.572. The Morgan fingerprint density at radius 3 is 2.17 bits per heavy atom. The Morgan fingerprint density at radius 1 is 1.11 bits per heavy atom. The number of hydrogen-bond acceptors (Lipinski definition) is 0. The summed E-state index contributed by atoms with van der Waals surface area (Å²) in [4.78, 5) is 0. The van der Waals surface area contributed by atoms with Crippen LogP contribution in [0, 0.1) is 0 Å². The van der Waals surface area contributed by atoms with E-state index < -0.39 is 0 Å². The van der Waals surface area contributed by atoms with Crippen LogP contribution in [0.2, 0.25) is 0 Å². The first-order valence-electron chi connectivity index (χ1n) is 7.20. The van der Waals surface area contributed by atoms with Gasteiger partial charge < -0.3 is 0 Å². The van der Waals surface area contributed by atoms with Gasteiger partial charge in [0.15, 0.2) is 0 Å². The predicted octanol–water partition coefficient (Wildman–Crippen LogP) is 6.12. The second-order valence-corrected chi connectivity index (χ2v) is 3.99. The van der Waals surface area contributed by atoms with E-state index >= 15 is 0 Å². The molecule has 1 unspecified atom stereocenters. The van der Waals surface area contributed by atoms with Gasteiger partial charge >= 0.3 is 0 Å². The number of allylic oxidation sites excluding steroid dienone is 4. The summed E-state index contributed by atoms with van der Waals surface area (Å²) in [7, 11) is 0. The van der Waals surface area contributed by atoms with Crippen molar-refractivity contribution in [1.82, 2.24) is 0 Å². The Kier molecular flexibility index (Phi) is 10.0. The van der Waals surface area contributed by atoms with E-state index in [0.29, 0.717) is 5.92 Å². The van der Waals surface area contributed by atoms with Crippen LogP contribution in [-0.2, 0) is 0 Å². The van der Waals surface area contributed by atoms with Crippen LogP contribution in [0.4, 0.5) is 0 Å². The molecular weight excluding hydrogens is 216 g/mol. The van der Waals surface area contributed by atoms with Crippen LogP contribution < -0.4 is 0 Å². The van der Waals surface area contributed by atoms with Gasteiger partial charge in [-0.3, -0.25) is 0 Å². The fourth-order valence-corrected chi connectivity index (χ4v) is 2.10. The first-order valence-corrected chi connectivity index (χ1v) is 7.20. The monoisotopic (exact) mass is 244 g/mol. The third kappa shape index (κ3) is 5.35. The van der Waals surface area contributed by atoms with Crippen LogP contribution in [0.25, 0.3) is 0 Å². The Balaban J connectivity index is 0.00000137. The molecule has 0 nitrogen and oxygen atoms in total. The Hall–Kier alpha value is -1.30. The molecule has 0 aliphatic carbocycles. The minimum Gasteiger partial charge on any atom is -0.0877 e. The molecule has 0 radical (unpaired) electrons. The minimum atomic E-state index is 0.572. The lowest BCUT2D eigenvalue weighted by Crippen LogP contribution is -2.00. The summed E-state index contributed by atoms with van der Waals surface area (Å²) in [5.41, 5.74) is 2.95. The number of benzene rings is 1. The maximum Gasteiger partial charge on any atom is 0.00485 e. The Morgan fingerprint density at radius 2 is 1.72 bits per heavy atom. The van der Waals surface area contributed by atoms with E-state index in [1.54, 1.807) is 0 Å². The third-order valence-electron chi connectivity index (χ3n) is 2.97. The average molecular weight is 244 g/mol. The second kappa shape index (κ2) is 10.8. The minimum absolute atomic E-state index is 0.572. The van der Waals surface area contributed by atoms with Gasteiger partial charge in [-0.15, -0.1) is 0 Å². The maximum atomic E-state index is 2.27. The van der Waals surface area contributed by atoms with Gasteiger partial charge in [0, 0.05) is 5.92 Å². The summed E-state index contributed by atoms with van der Waals surface area (Å²) in [6.07, 6.45) is 8.79. The van der Waals surface area contributed by atoms with Crippen LogP contribution in [0.3, 0.4) is 0 Å². The molecule has 0 fully saturated rings. The van der Waals surface area contributed by atoms with Gasteiger partial charge in [0.05, 0.1) is 0 Å². The molecule has 0 heteroatoms. The zero-order valence-corrected chi connectivity index (χ0v) is 12.6. The molecule has 0 aliphatic heterocycles. The first-order chi connectivity index (χ1) is 8.83. The second-order valence-electron chi connectivity index (χ2n) is 3.99. The fraction of sp³-hybridized carbons (Fsp3) is 0.444. The summed E-state index contributed by atoms with van der Waals surface area (Å²) in [5, 5.41) is 0. The van der Waals surface area contributed by atoms with Gasteiger partial charge in [0.25, 0.3) is 0 Å². The quantitative estimate of drug-likeness (QED) is 0.547. The molecule has 0 aliphatic rings. The summed E-state index contributed by atoms with van der Waals surface area (Å²) in [6.45, 7) is 10.6. The van der Waals surface area contributed by atoms with Crippen molar-refractivity contribution in [2.24, 2.45) is 0 Å². The van der Waals surface area contributed by atoms with Crippen LogP contribution in [0.1, 0.15) is 58.9 Å². The molecule has 0 saturated carbocycles. The van der Waals surface area contributed by atoms with Gasteiger partial charge in [-0.1, -0.05) is 81.8 Å². The van der Waals surface area contributed by atoms with E-state index in [4.69, 9.17) is 0 Å². The van der Waals surface area contributed by atoms with Crippen molar-refractivity contribution in [3.63, 3.8) is 0 Å². The van der Waals surface area contributed by atoms with E-state index in [1.807, 2.05) is 13.8 Å². The molecule has 0 heterocycles. The predicted molar refractivity (Wildman–Crippen MR) is 84.0 cm³/mol. The lowest BCUT2D eigenvalue weighted by atomic mass is 9.87. The highest BCUT2D eigenvalue weighted by Gasteiger charge is 2.11.